The quantitative estimate of drug-likeness (QED) is 0.896. The number of aromatic nitrogens is 2. The molecular formula is C13H17N3O2. The van der Waals surface area contributed by atoms with E-state index in [4.69, 9.17) is 15.0 Å². The number of hydrogen-bond donors (Lipinski definition) is 1. The number of methoxy groups -OCH3 is 1. The highest BCUT2D eigenvalue weighted by Crippen LogP contribution is 2.23. The lowest BCUT2D eigenvalue weighted by Gasteiger charge is -2.09. The maximum atomic E-state index is 5.81. The number of rotatable bonds is 4. The lowest BCUT2D eigenvalue weighted by Crippen LogP contribution is -2.22. The second-order valence-electron chi connectivity index (χ2n) is 4.34. The third-order valence-corrected chi connectivity index (χ3v) is 2.95. The van der Waals surface area contributed by atoms with Gasteiger partial charge in [-0.05, 0) is 19.1 Å². The van der Waals surface area contributed by atoms with Crippen LogP contribution < -0.4 is 10.5 Å². The molecular weight excluding hydrogens is 230 g/mol. The standard InChI is InChI=1S/C13H17N3O2/c1-8(9(2)14)13-15-12(16-18-13)10-5-4-6-11(7-10)17-3/h4-9H,14H2,1-3H3. The minimum Gasteiger partial charge on any atom is -0.497 e. The lowest BCUT2D eigenvalue weighted by molar-refractivity contribution is 0.346. The van der Waals surface area contributed by atoms with Gasteiger partial charge in [-0.1, -0.05) is 24.2 Å². The van der Waals surface area contributed by atoms with Gasteiger partial charge in [0.05, 0.1) is 13.0 Å². The van der Waals surface area contributed by atoms with Gasteiger partial charge in [-0.2, -0.15) is 4.98 Å². The Kier molecular flexibility index (Phi) is 3.62. The lowest BCUT2D eigenvalue weighted by atomic mass is 10.1. The molecule has 0 fully saturated rings. The topological polar surface area (TPSA) is 74.2 Å². The summed E-state index contributed by atoms with van der Waals surface area (Å²) in [6.45, 7) is 3.88. The molecule has 1 aromatic heterocycles. The van der Waals surface area contributed by atoms with E-state index < -0.39 is 0 Å². The molecule has 0 amide bonds. The first kappa shape index (κ1) is 12.6. The molecule has 2 aromatic rings. The van der Waals surface area contributed by atoms with Crippen molar-refractivity contribution in [2.75, 3.05) is 7.11 Å². The van der Waals surface area contributed by atoms with Crippen LogP contribution in [-0.2, 0) is 0 Å². The second kappa shape index (κ2) is 5.18. The summed E-state index contributed by atoms with van der Waals surface area (Å²) in [7, 11) is 1.62. The predicted molar refractivity (Wildman–Crippen MR) is 68.4 cm³/mol. The van der Waals surface area contributed by atoms with Crippen LogP contribution in [0.2, 0.25) is 0 Å². The Hall–Kier alpha value is -1.88. The Morgan fingerprint density at radius 2 is 2.11 bits per heavy atom. The first-order chi connectivity index (χ1) is 8.61. The van der Waals surface area contributed by atoms with Gasteiger partial charge in [0.2, 0.25) is 11.7 Å². The Bertz CT molecular complexity index is 522. The van der Waals surface area contributed by atoms with E-state index in [1.807, 2.05) is 38.1 Å². The summed E-state index contributed by atoms with van der Waals surface area (Å²) in [6.07, 6.45) is 0. The highest BCUT2D eigenvalue weighted by Gasteiger charge is 2.18. The van der Waals surface area contributed by atoms with Crippen LogP contribution in [-0.4, -0.2) is 23.3 Å². The molecule has 1 aromatic carbocycles. The minimum absolute atomic E-state index is 0.0244. The van der Waals surface area contributed by atoms with Gasteiger partial charge in [0, 0.05) is 11.6 Å². The van der Waals surface area contributed by atoms with Crippen LogP contribution in [0.4, 0.5) is 0 Å². The molecule has 0 aliphatic carbocycles. The molecule has 0 aliphatic heterocycles. The van der Waals surface area contributed by atoms with E-state index in [0.29, 0.717) is 11.7 Å². The van der Waals surface area contributed by atoms with Crippen molar-refractivity contribution in [3.8, 4) is 17.1 Å². The molecule has 96 valence electrons. The maximum Gasteiger partial charge on any atom is 0.231 e. The molecule has 0 saturated heterocycles. The molecule has 0 radical (unpaired) electrons. The van der Waals surface area contributed by atoms with Gasteiger partial charge >= 0.3 is 0 Å². The zero-order valence-electron chi connectivity index (χ0n) is 10.8. The SMILES string of the molecule is COc1cccc(-c2noc(C(C)C(C)N)n2)c1. The van der Waals surface area contributed by atoms with Crippen LogP contribution in [0.1, 0.15) is 25.7 Å². The average Bonchev–Trinajstić information content (AvgIpc) is 2.87. The van der Waals surface area contributed by atoms with Crippen molar-refractivity contribution in [2.24, 2.45) is 5.73 Å². The largest absolute Gasteiger partial charge is 0.497 e. The summed E-state index contributed by atoms with van der Waals surface area (Å²) >= 11 is 0. The maximum absolute atomic E-state index is 5.81. The normalized spacial score (nSPS) is 14.2. The zero-order valence-corrected chi connectivity index (χ0v) is 10.8. The third-order valence-electron chi connectivity index (χ3n) is 2.95. The van der Waals surface area contributed by atoms with Gasteiger partial charge < -0.3 is 15.0 Å². The first-order valence-electron chi connectivity index (χ1n) is 5.85. The summed E-state index contributed by atoms with van der Waals surface area (Å²) in [6, 6.07) is 7.51. The predicted octanol–water partition coefficient (Wildman–Crippen LogP) is 2.20. The molecule has 2 rings (SSSR count). The molecule has 2 atom stereocenters. The van der Waals surface area contributed by atoms with Crippen molar-refractivity contribution in [3.63, 3.8) is 0 Å². The van der Waals surface area contributed by atoms with Gasteiger partial charge in [-0.25, -0.2) is 0 Å². The van der Waals surface area contributed by atoms with E-state index in [0.717, 1.165) is 11.3 Å². The smallest absolute Gasteiger partial charge is 0.231 e. The van der Waals surface area contributed by atoms with Crippen LogP contribution in [0.5, 0.6) is 5.75 Å². The second-order valence-corrected chi connectivity index (χ2v) is 4.34. The molecule has 2 N–H and O–H groups in total. The minimum atomic E-state index is -0.0244. The molecule has 5 nitrogen and oxygen atoms in total. The van der Waals surface area contributed by atoms with Crippen LogP contribution in [0.25, 0.3) is 11.4 Å². The van der Waals surface area contributed by atoms with Crippen molar-refractivity contribution in [2.45, 2.75) is 25.8 Å². The first-order valence-corrected chi connectivity index (χ1v) is 5.85. The summed E-state index contributed by atoms with van der Waals surface area (Å²) < 4.78 is 10.4. The fraction of sp³-hybridized carbons (Fsp3) is 0.385. The monoisotopic (exact) mass is 247 g/mol. The Morgan fingerprint density at radius 3 is 2.78 bits per heavy atom. The van der Waals surface area contributed by atoms with Gasteiger partial charge in [-0.3, -0.25) is 0 Å². The van der Waals surface area contributed by atoms with Crippen LogP contribution in [0.3, 0.4) is 0 Å². The van der Waals surface area contributed by atoms with E-state index in [9.17, 15) is 0 Å². The van der Waals surface area contributed by atoms with Crippen molar-refractivity contribution in [1.29, 1.82) is 0 Å². The van der Waals surface area contributed by atoms with E-state index in [2.05, 4.69) is 10.1 Å². The Balaban J connectivity index is 2.29. The summed E-state index contributed by atoms with van der Waals surface area (Å²) in [5.74, 6) is 1.91. The molecule has 0 saturated carbocycles. The van der Waals surface area contributed by atoms with E-state index in [1.165, 1.54) is 0 Å². The van der Waals surface area contributed by atoms with Crippen molar-refractivity contribution < 1.29 is 9.26 Å². The molecule has 0 spiro atoms. The Morgan fingerprint density at radius 1 is 1.33 bits per heavy atom. The molecule has 2 unspecified atom stereocenters. The summed E-state index contributed by atoms with van der Waals surface area (Å²) in [4.78, 5) is 4.36. The highest BCUT2D eigenvalue weighted by atomic mass is 16.5. The summed E-state index contributed by atoms with van der Waals surface area (Å²) in [5, 5.41) is 3.97. The van der Waals surface area contributed by atoms with Crippen molar-refractivity contribution in [3.05, 3.63) is 30.2 Å². The third kappa shape index (κ3) is 2.51. The number of ether oxygens (including phenoxy) is 1. The molecule has 18 heavy (non-hydrogen) atoms. The van der Waals surface area contributed by atoms with Gasteiger partial charge in [0.25, 0.3) is 0 Å². The van der Waals surface area contributed by atoms with Gasteiger partial charge in [-0.15, -0.1) is 0 Å². The van der Waals surface area contributed by atoms with Crippen molar-refractivity contribution >= 4 is 0 Å². The fourth-order valence-corrected chi connectivity index (χ4v) is 1.52. The summed E-state index contributed by atoms with van der Waals surface area (Å²) in [5.41, 5.74) is 6.68. The van der Waals surface area contributed by atoms with Gasteiger partial charge in [0.1, 0.15) is 5.75 Å². The van der Waals surface area contributed by atoms with E-state index in [1.54, 1.807) is 7.11 Å². The highest BCUT2D eigenvalue weighted by molar-refractivity contribution is 5.56. The van der Waals surface area contributed by atoms with Crippen LogP contribution in [0, 0.1) is 0 Å². The fourth-order valence-electron chi connectivity index (χ4n) is 1.52. The molecule has 5 heteroatoms. The van der Waals surface area contributed by atoms with Crippen LogP contribution >= 0.6 is 0 Å². The average molecular weight is 247 g/mol. The Labute approximate surface area is 106 Å². The number of hydrogen-bond acceptors (Lipinski definition) is 5. The van der Waals surface area contributed by atoms with Crippen molar-refractivity contribution in [1.82, 2.24) is 10.1 Å². The molecule has 0 aliphatic rings. The van der Waals surface area contributed by atoms with E-state index in [-0.39, 0.29) is 12.0 Å². The van der Waals surface area contributed by atoms with Gasteiger partial charge in [0.15, 0.2) is 0 Å². The number of nitrogens with two attached hydrogens (primary N) is 1. The number of nitrogens with zero attached hydrogens (tertiary/aromatic N) is 2. The molecule has 0 bridgehead atoms. The van der Waals surface area contributed by atoms with Crippen LogP contribution in [0.15, 0.2) is 28.8 Å². The van der Waals surface area contributed by atoms with E-state index >= 15 is 0 Å². The number of benzene rings is 1. The molecule has 1 heterocycles. The zero-order chi connectivity index (χ0) is 13.1.